The lowest BCUT2D eigenvalue weighted by Gasteiger charge is -2.31. The Balaban J connectivity index is 1.75. The number of ether oxygens (including phenoxy) is 1. The monoisotopic (exact) mass is 550 g/mol. The number of aryl methyl sites for hydroxylation is 2. The van der Waals surface area contributed by atoms with E-state index < -0.39 is 10.0 Å². The molecule has 1 aliphatic rings. The lowest BCUT2D eigenvalue weighted by molar-refractivity contribution is -0.120. The predicted molar refractivity (Wildman–Crippen MR) is 140 cm³/mol. The summed E-state index contributed by atoms with van der Waals surface area (Å²) in [6.07, 6.45) is 2.60. The number of anilines is 1. The van der Waals surface area contributed by atoms with Gasteiger partial charge >= 0.3 is 0 Å². The molecule has 3 rings (SSSR count). The molecule has 2 aromatic rings. The minimum absolute atomic E-state index is 0.0387. The second-order valence-electron chi connectivity index (χ2n) is 9.04. The van der Waals surface area contributed by atoms with Crippen LogP contribution in [0.3, 0.4) is 0 Å². The van der Waals surface area contributed by atoms with E-state index in [9.17, 15) is 13.2 Å². The third-order valence-corrected chi connectivity index (χ3v) is 8.95. The summed E-state index contributed by atoms with van der Waals surface area (Å²) in [5.41, 5.74) is 4.03. The van der Waals surface area contributed by atoms with E-state index in [1.807, 2.05) is 32.0 Å². The highest BCUT2D eigenvalue weighted by atomic mass is 79.9. The van der Waals surface area contributed by atoms with Crippen molar-refractivity contribution in [1.29, 1.82) is 0 Å². The van der Waals surface area contributed by atoms with Crippen LogP contribution < -0.4 is 10.1 Å². The first-order valence-corrected chi connectivity index (χ1v) is 14.2. The Labute approximate surface area is 212 Å². The maximum absolute atomic E-state index is 13.4. The number of rotatable bonds is 8. The van der Waals surface area contributed by atoms with Crippen molar-refractivity contribution in [1.82, 2.24) is 4.31 Å². The van der Waals surface area contributed by atoms with Gasteiger partial charge in [-0.2, -0.15) is 4.31 Å². The molecule has 1 amide bonds. The van der Waals surface area contributed by atoms with E-state index in [0.717, 1.165) is 39.7 Å². The van der Waals surface area contributed by atoms with Gasteiger partial charge in [0.15, 0.2) is 0 Å². The molecule has 6 nitrogen and oxygen atoms in total. The SMILES string of the molecule is CCc1cc(Br)cc(CC)c1NC(=O)C1CCN(S(=O)(=O)c2cc(C(C)C)ccc2OC)CC1. The van der Waals surface area contributed by atoms with E-state index >= 15 is 0 Å². The summed E-state index contributed by atoms with van der Waals surface area (Å²) in [6.45, 7) is 8.81. The molecule has 1 heterocycles. The zero-order valence-corrected chi connectivity index (χ0v) is 23.1. The quantitative estimate of drug-likeness (QED) is 0.454. The predicted octanol–water partition coefficient (Wildman–Crippen LogP) is 5.75. The van der Waals surface area contributed by atoms with Gasteiger partial charge in [0.1, 0.15) is 10.6 Å². The van der Waals surface area contributed by atoms with Gasteiger partial charge in [0, 0.05) is 29.2 Å². The van der Waals surface area contributed by atoms with Gasteiger partial charge in [-0.3, -0.25) is 4.79 Å². The molecule has 2 aromatic carbocycles. The molecular weight excluding hydrogens is 516 g/mol. The highest BCUT2D eigenvalue weighted by Crippen LogP contribution is 2.33. The summed E-state index contributed by atoms with van der Waals surface area (Å²) in [7, 11) is -2.24. The van der Waals surface area contributed by atoms with Crippen molar-refractivity contribution in [3.63, 3.8) is 0 Å². The fraction of sp³-hybridized carbons (Fsp3) is 0.500. The zero-order chi connectivity index (χ0) is 25.0. The van der Waals surface area contributed by atoms with Crippen LogP contribution in [0, 0.1) is 5.92 Å². The molecule has 0 saturated carbocycles. The minimum Gasteiger partial charge on any atom is -0.495 e. The molecule has 0 radical (unpaired) electrons. The van der Waals surface area contributed by atoms with Crippen LogP contribution in [0.4, 0.5) is 5.69 Å². The van der Waals surface area contributed by atoms with Gasteiger partial charge in [0.2, 0.25) is 15.9 Å². The Bertz CT molecular complexity index is 1110. The number of amides is 1. The Morgan fingerprint density at radius 3 is 2.21 bits per heavy atom. The number of hydrogen-bond acceptors (Lipinski definition) is 4. The molecule has 0 bridgehead atoms. The Morgan fingerprint density at radius 1 is 1.12 bits per heavy atom. The number of nitrogens with one attached hydrogen (secondary N) is 1. The molecule has 0 aromatic heterocycles. The third-order valence-electron chi connectivity index (χ3n) is 6.57. The number of nitrogens with zero attached hydrogens (tertiary/aromatic N) is 1. The number of methoxy groups -OCH3 is 1. The summed E-state index contributed by atoms with van der Waals surface area (Å²) in [5.74, 6) is 0.282. The first-order valence-electron chi connectivity index (χ1n) is 11.9. The van der Waals surface area contributed by atoms with Crippen molar-refractivity contribution in [3.8, 4) is 5.75 Å². The summed E-state index contributed by atoms with van der Waals surface area (Å²) in [4.78, 5) is 13.3. The molecule has 0 atom stereocenters. The van der Waals surface area contributed by atoms with Gasteiger partial charge in [0.25, 0.3) is 0 Å². The van der Waals surface area contributed by atoms with Crippen LogP contribution in [0.15, 0.2) is 39.7 Å². The maximum atomic E-state index is 13.4. The highest BCUT2D eigenvalue weighted by molar-refractivity contribution is 9.10. The number of carbonyl (C=O) groups excluding carboxylic acids is 1. The van der Waals surface area contributed by atoms with E-state index in [4.69, 9.17) is 4.74 Å². The number of sulfonamides is 1. The van der Waals surface area contributed by atoms with Crippen molar-refractivity contribution < 1.29 is 17.9 Å². The summed E-state index contributed by atoms with van der Waals surface area (Å²) >= 11 is 3.55. The number of hydrogen-bond donors (Lipinski definition) is 1. The van der Waals surface area contributed by atoms with Gasteiger partial charge in [-0.05, 0) is 72.6 Å². The number of piperidine rings is 1. The zero-order valence-electron chi connectivity index (χ0n) is 20.7. The van der Waals surface area contributed by atoms with Crippen molar-refractivity contribution in [2.24, 2.45) is 5.92 Å². The first-order chi connectivity index (χ1) is 16.1. The van der Waals surface area contributed by atoms with E-state index in [2.05, 4.69) is 35.1 Å². The molecule has 0 spiro atoms. The average molecular weight is 552 g/mol. The Kier molecular flexibility index (Phi) is 8.82. The lowest BCUT2D eigenvalue weighted by Crippen LogP contribution is -2.41. The molecular formula is C26H35BrN2O4S. The molecule has 1 aliphatic heterocycles. The van der Waals surface area contributed by atoms with Crippen molar-refractivity contribution >= 4 is 37.5 Å². The minimum atomic E-state index is -3.72. The van der Waals surface area contributed by atoms with E-state index in [1.54, 1.807) is 12.1 Å². The normalized spacial score (nSPS) is 15.5. The molecule has 8 heteroatoms. The van der Waals surface area contributed by atoms with Crippen LogP contribution in [-0.4, -0.2) is 38.8 Å². The number of halogens is 1. The molecule has 1 saturated heterocycles. The van der Waals surface area contributed by atoms with Gasteiger partial charge < -0.3 is 10.1 Å². The average Bonchev–Trinajstić information content (AvgIpc) is 2.84. The third kappa shape index (κ3) is 5.66. The van der Waals surface area contributed by atoms with Crippen LogP contribution in [-0.2, 0) is 27.7 Å². The van der Waals surface area contributed by atoms with Crippen LogP contribution in [0.5, 0.6) is 5.75 Å². The van der Waals surface area contributed by atoms with Crippen LogP contribution in [0.25, 0.3) is 0 Å². The molecule has 0 unspecified atom stereocenters. The van der Waals surface area contributed by atoms with E-state index in [-0.39, 0.29) is 22.6 Å². The lowest BCUT2D eigenvalue weighted by atomic mass is 9.96. The fourth-order valence-electron chi connectivity index (χ4n) is 4.42. The molecule has 1 fully saturated rings. The van der Waals surface area contributed by atoms with Crippen molar-refractivity contribution in [2.75, 3.05) is 25.5 Å². The van der Waals surface area contributed by atoms with Gasteiger partial charge in [-0.25, -0.2) is 8.42 Å². The Morgan fingerprint density at radius 2 is 1.71 bits per heavy atom. The summed E-state index contributed by atoms with van der Waals surface area (Å²) < 4.78 is 34.7. The first kappa shape index (κ1) is 26.7. The van der Waals surface area contributed by atoms with Crippen LogP contribution in [0.2, 0.25) is 0 Å². The number of benzene rings is 2. The van der Waals surface area contributed by atoms with Crippen molar-refractivity contribution in [3.05, 3.63) is 51.5 Å². The topological polar surface area (TPSA) is 75.7 Å². The van der Waals surface area contributed by atoms with Gasteiger partial charge in [0.05, 0.1) is 7.11 Å². The summed E-state index contributed by atoms with van der Waals surface area (Å²) in [5, 5.41) is 3.15. The molecule has 186 valence electrons. The smallest absolute Gasteiger partial charge is 0.246 e. The Hall–Kier alpha value is -1.90. The number of carbonyl (C=O) groups is 1. The maximum Gasteiger partial charge on any atom is 0.246 e. The fourth-order valence-corrected chi connectivity index (χ4v) is 6.63. The highest BCUT2D eigenvalue weighted by Gasteiger charge is 2.34. The second-order valence-corrected chi connectivity index (χ2v) is 11.9. The molecule has 34 heavy (non-hydrogen) atoms. The second kappa shape index (κ2) is 11.2. The van der Waals surface area contributed by atoms with E-state index in [1.165, 1.54) is 11.4 Å². The van der Waals surface area contributed by atoms with Gasteiger partial charge in [-0.15, -0.1) is 0 Å². The van der Waals surface area contributed by atoms with E-state index in [0.29, 0.717) is 31.7 Å². The standard InChI is InChI=1S/C26H35BrN2O4S/c1-6-18-14-22(27)15-19(7-2)25(18)28-26(30)20-10-12-29(13-11-20)34(31,32)24-16-21(17(3)4)8-9-23(24)33-5/h8-9,14-17,20H,6-7,10-13H2,1-5H3,(H,28,30). The van der Waals surface area contributed by atoms with Gasteiger partial charge in [-0.1, -0.05) is 49.7 Å². The van der Waals surface area contributed by atoms with Crippen LogP contribution >= 0.6 is 15.9 Å². The largest absolute Gasteiger partial charge is 0.495 e. The summed E-state index contributed by atoms with van der Waals surface area (Å²) in [6, 6.07) is 9.42. The van der Waals surface area contributed by atoms with Crippen LogP contribution in [0.1, 0.15) is 63.1 Å². The molecule has 0 aliphatic carbocycles. The molecule has 1 N–H and O–H groups in total. The van der Waals surface area contributed by atoms with Crippen molar-refractivity contribution in [2.45, 2.75) is 64.2 Å².